The maximum atomic E-state index is 5.89. The summed E-state index contributed by atoms with van der Waals surface area (Å²) in [5.41, 5.74) is 6.96. The van der Waals surface area contributed by atoms with Crippen molar-refractivity contribution in [1.82, 2.24) is 0 Å². The van der Waals surface area contributed by atoms with Gasteiger partial charge < -0.3 is 10.2 Å². The van der Waals surface area contributed by atoms with E-state index in [1.165, 1.54) is 5.56 Å². The summed E-state index contributed by atoms with van der Waals surface area (Å²) < 4.78 is 6.27. The van der Waals surface area contributed by atoms with Crippen LogP contribution < -0.4 is 5.73 Å². The van der Waals surface area contributed by atoms with Gasteiger partial charge in [0.15, 0.2) is 4.67 Å². The molecule has 1 aromatic rings. The van der Waals surface area contributed by atoms with Crippen molar-refractivity contribution in [2.75, 3.05) is 0 Å². The first-order valence-corrected chi connectivity index (χ1v) is 5.21. The minimum Gasteiger partial charge on any atom is -0.454 e. The van der Waals surface area contributed by atoms with E-state index in [4.69, 9.17) is 10.2 Å². The van der Waals surface area contributed by atoms with E-state index in [9.17, 15) is 0 Å². The monoisotopic (exact) mass is 245 g/mol. The summed E-state index contributed by atoms with van der Waals surface area (Å²) in [5.74, 6) is 1.03. The summed E-state index contributed by atoms with van der Waals surface area (Å²) in [6.45, 7) is 6.10. The molecule has 0 aliphatic heterocycles. The lowest BCUT2D eigenvalue weighted by Crippen LogP contribution is -2.32. The molecule has 0 aliphatic carbocycles. The van der Waals surface area contributed by atoms with Crippen molar-refractivity contribution in [3.63, 3.8) is 0 Å². The fraction of sp³-hybridized carbons (Fsp3) is 0.600. The summed E-state index contributed by atoms with van der Waals surface area (Å²) in [7, 11) is 0. The Morgan fingerprint density at radius 1 is 1.54 bits per heavy atom. The number of hydrogen-bond acceptors (Lipinski definition) is 2. The molecule has 0 saturated carbocycles. The van der Waals surface area contributed by atoms with Crippen molar-refractivity contribution in [3.05, 3.63) is 22.1 Å². The Hall–Kier alpha value is -0.280. The zero-order chi connectivity index (χ0) is 10.1. The number of hydrogen-bond donors (Lipinski definition) is 1. The van der Waals surface area contributed by atoms with E-state index in [2.05, 4.69) is 15.9 Å². The van der Waals surface area contributed by atoms with Gasteiger partial charge in [0.25, 0.3) is 0 Å². The second kappa shape index (κ2) is 3.84. The molecule has 0 spiro atoms. The molecular weight excluding hydrogens is 230 g/mol. The highest BCUT2D eigenvalue weighted by Crippen LogP contribution is 2.22. The van der Waals surface area contributed by atoms with Crippen LogP contribution in [0.2, 0.25) is 0 Å². The third-order valence-corrected chi connectivity index (χ3v) is 2.38. The Kier molecular flexibility index (Phi) is 3.19. The number of furan rings is 1. The van der Waals surface area contributed by atoms with Crippen molar-refractivity contribution in [2.24, 2.45) is 5.73 Å². The summed E-state index contributed by atoms with van der Waals surface area (Å²) in [5, 5.41) is 0. The third kappa shape index (κ3) is 3.53. The van der Waals surface area contributed by atoms with Crippen molar-refractivity contribution < 1.29 is 4.42 Å². The molecular formula is C10H16BrNO. The van der Waals surface area contributed by atoms with E-state index in [0.29, 0.717) is 0 Å². The van der Waals surface area contributed by atoms with Gasteiger partial charge in [-0.1, -0.05) is 0 Å². The minimum atomic E-state index is -0.119. The van der Waals surface area contributed by atoms with Crippen LogP contribution in [-0.4, -0.2) is 5.54 Å². The van der Waals surface area contributed by atoms with Gasteiger partial charge in [0.05, 0.1) is 0 Å². The van der Waals surface area contributed by atoms with Gasteiger partial charge in [0, 0.05) is 12.0 Å². The Bertz CT molecular complexity index is 286. The maximum Gasteiger partial charge on any atom is 0.169 e. The van der Waals surface area contributed by atoms with Crippen LogP contribution in [0.25, 0.3) is 0 Å². The van der Waals surface area contributed by atoms with Crippen molar-refractivity contribution in [2.45, 2.75) is 39.2 Å². The second-order valence-electron chi connectivity index (χ2n) is 4.15. The average molecular weight is 246 g/mol. The lowest BCUT2D eigenvalue weighted by atomic mass is 9.98. The fourth-order valence-corrected chi connectivity index (χ4v) is 1.70. The Morgan fingerprint density at radius 3 is 2.54 bits per heavy atom. The molecule has 1 rings (SSSR count). The Labute approximate surface area is 87.6 Å². The van der Waals surface area contributed by atoms with Gasteiger partial charge in [-0.25, -0.2) is 0 Å². The number of halogens is 1. The lowest BCUT2D eigenvalue weighted by Gasteiger charge is -2.17. The zero-order valence-electron chi connectivity index (χ0n) is 8.36. The van der Waals surface area contributed by atoms with Crippen LogP contribution in [0.4, 0.5) is 0 Å². The highest BCUT2D eigenvalue weighted by molar-refractivity contribution is 9.10. The second-order valence-corrected chi connectivity index (χ2v) is 4.93. The molecule has 1 heterocycles. The van der Waals surface area contributed by atoms with Crippen LogP contribution in [-0.2, 0) is 6.42 Å². The maximum absolute atomic E-state index is 5.89. The Balaban J connectivity index is 2.59. The quantitative estimate of drug-likeness (QED) is 0.890. The smallest absolute Gasteiger partial charge is 0.169 e. The van der Waals surface area contributed by atoms with Crippen LogP contribution in [0.3, 0.4) is 0 Å². The van der Waals surface area contributed by atoms with Crippen LogP contribution in [0.1, 0.15) is 31.6 Å². The number of rotatable bonds is 3. The van der Waals surface area contributed by atoms with Crippen LogP contribution in [0, 0.1) is 6.92 Å². The number of aryl methyl sites for hydroxylation is 2. The molecule has 1 aromatic heterocycles. The first-order valence-electron chi connectivity index (χ1n) is 4.42. The summed E-state index contributed by atoms with van der Waals surface area (Å²) in [6, 6.07) is 1.98. The molecule has 0 aliphatic rings. The van der Waals surface area contributed by atoms with Gasteiger partial charge >= 0.3 is 0 Å². The van der Waals surface area contributed by atoms with E-state index in [-0.39, 0.29) is 5.54 Å². The van der Waals surface area contributed by atoms with Crippen LogP contribution in [0.15, 0.2) is 15.2 Å². The molecule has 74 valence electrons. The molecule has 0 amide bonds. The molecule has 0 saturated heterocycles. The summed E-state index contributed by atoms with van der Waals surface area (Å²) in [6.07, 6.45) is 1.84. The normalized spacial score (nSPS) is 12.1. The van der Waals surface area contributed by atoms with E-state index in [0.717, 1.165) is 23.3 Å². The van der Waals surface area contributed by atoms with Gasteiger partial charge in [0.2, 0.25) is 0 Å². The molecule has 2 N–H and O–H groups in total. The minimum absolute atomic E-state index is 0.119. The highest BCUT2D eigenvalue weighted by atomic mass is 79.9. The van der Waals surface area contributed by atoms with E-state index in [1.807, 2.05) is 26.8 Å². The first-order chi connectivity index (χ1) is 5.88. The van der Waals surface area contributed by atoms with Crippen molar-refractivity contribution >= 4 is 15.9 Å². The first kappa shape index (κ1) is 10.8. The van der Waals surface area contributed by atoms with Crippen LogP contribution in [0.5, 0.6) is 0 Å². The summed E-state index contributed by atoms with van der Waals surface area (Å²) in [4.78, 5) is 0. The molecule has 0 bridgehead atoms. The molecule has 2 nitrogen and oxygen atoms in total. The molecule has 0 unspecified atom stereocenters. The average Bonchev–Trinajstić information content (AvgIpc) is 2.24. The number of nitrogens with two attached hydrogens (primary N) is 1. The molecule has 0 fully saturated rings. The fourth-order valence-electron chi connectivity index (χ4n) is 1.16. The topological polar surface area (TPSA) is 39.2 Å². The summed E-state index contributed by atoms with van der Waals surface area (Å²) >= 11 is 3.31. The predicted molar refractivity (Wildman–Crippen MR) is 57.7 cm³/mol. The predicted octanol–water partition coefficient (Wildman–Crippen LogP) is 3.02. The largest absolute Gasteiger partial charge is 0.454 e. The SMILES string of the molecule is Cc1cc(Br)oc1CCC(C)(C)N. The van der Waals surface area contributed by atoms with E-state index < -0.39 is 0 Å². The molecule has 3 heteroatoms. The molecule has 13 heavy (non-hydrogen) atoms. The highest BCUT2D eigenvalue weighted by Gasteiger charge is 2.13. The Morgan fingerprint density at radius 2 is 2.15 bits per heavy atom. The van der Waals surface area contributed by atoms with Gasteiger partial charge in [-0.15, -0.1) is 0 Å². The van der Waals surface area contributed by atoms with Crippen molar-refractivity contribution in [1.29, 1.82) is 0 Å². The third-order valence-electron chi connectivity index (χ3n) is 1.99. The molecule has 0 aromatic carbocycles. The zero-order valence-corrected chi connectivity index (χ0v) is 9.94. The lowest BCUT2D eigenvalue weighted by molar-refractivity contribution is 0.424. The van der Waals surface area contributed by atoms with Gasteiger partial charge in [-0.2, -0.15) is 0 Å². The molecule has 0 radical (unpaired) electrons. The van der Waals surface area contributed by atoms with Gasteiger partial charge in [-0.3, -0.25) is 0 Å². The van der Waals surface area contributed by atoms with Crippen LogP contribution >= 0.6 is 15.9 Å². The van der Waals surface area contributed by atoms with Gasteiger partial charge in [0.1, 0.15) is 5.76 Å². The van der Waals surface area contributed by atoms with E-state index >= 15 is 0 Å². The standard InChI is InChI=1S/C10H16BrNO/c1-7-6-9(11)13-8(7)4-5-10(2,3)12/h6H,4-5,12H2,1-3H3. The molecule has 0 atom stereocenters. The van der Waals surface area contributed by atoms with E-state index in [1.54, 1.807) is 0 Å². The van der Waals surface area contributed by atoms with Gasteiger partial charge in [-0.05, 0) is 54.8 Å². The van der Waals surface area contributed by atoms with Crippen molar-refractivity contribution in [3.8, 4) is 0 Å².